The van der Waals surface area contributed by atoms with Crippen molar-refractivity contribution >= 4 is 34.1 Å². The molecule has 1 aromatic heterocycles. The zero-order valence-electron chi connectivity index (χ0n) is 18.9. The van der Waals surface area contributed by atoms with E-state index in [-0.39, 0.29) is 5.57 Å². The van der Waals surface area contributed by atoms with Gasteiger partial charge in [-0.05, 0) is 77.3 Å². The zero-order chi connectivity index (χ0) is 23.7. The molecule has 0 bridgehead atoms. The van der Waals surface area contributed by atoms with E-state index in [1.54, 1.807) is 13.0 Å². The van der Waals surface area contributed by atoms with Crippen LogP contribution in [0.2, 0.25) is 0 Å². The number of carbonyl (C=O) groups is 1. The molecule has 170 valence electrons. The van der Waals surface area contributed by atoms with E-state index in [1.807, 2.05) is 60.7 Å². The molecule has 2 N–H and O–H groups in total. The van der Waals surface area contributed by atoms with Crippen LogP contribution in [0.5, 0.6) is 0 Å². The van der Waals surface area contributed by atoms with E-state index in [4.69, 9.17) is 0 Å². The Balaban J connectivity index is 1.73. The molecule has 5 rings (SSSR count). The van der Waals surface area contributed by atoms with Crippen molar-refractivity contribution in [3.05, 3.63) is 107 Å². The minimum absolute atomic E-state index is 0.281. The summed E-state index contributed by atoms with van der Waals surface area (Å²) in [5.74, 6) is -0.946. The molecule has 0 spiro atoms. The van der Waals surface area contributed by atoms with Gasteiger partial charge in [0, 0.05) is 5.57 Å². The zero-order valence-corrected chi connectivity index (χ0v) is 18.9. The Morgan fingerprint density at radius 1 is 1.00 bits per heavy atom. The number of fused-ring (bicyclic) bond motifs is 1. The second-order valence-corrected chi connectivity index (χ2v) is 8.81. The monoisotopic (exact) mass is 452 g/mol. The Morgan fingerprint density at radius 3 is 2.35 bits per heavy atom. The quantitative estimate of drug-likeness (QED) is 0.246. The van der Waals surface area contributed by atoms with Gasteiger partial charge in [0.1, 0.15) is 0 Å². The Morgan fingerprint density at radius 2 is 1.71 bits per heavy atom. The van der Waals surface area contributed by atoms with E-state index >= 15 is 0 Å². The van der Waals surface area contributed by atoms with E-state index in [9.17, 15) is 14.3 Å². The van der Waals surface area contributed by atoms with Crippen molar-refractivity contribution in [2.45, 2.75) is 26.2 Å². The summed E-state index contributed by atoms with van der Waals surface area (Å²) in [5.41, 5.74) is 7.15. The third kappa shape index (κ3) is 4.17. The summed E-state index contributed by atoms with van der Waals surface area (Å²) in [5, 5.41) is 16.1. The molecular weight excluding hydrogens is 427 g/mol. The molecule has 0 atom stereocenters. The number of benzene rings is 3. The minimum atomic E-state index is -0.934. The molecule has 0 amide bonds. The highest BCUT2D eigenvalue weighted by atomic mass is 19.1. The first-order chi connectivity index (χ1) is 16.5. The molecule has 1 aliphatic carbocycles. The van der Waals surface area contributed by atoms with Crippen LogP contribution in [0.1, 0.15) is 48.4 Å². The summed E-state index contributed by atoms with van der Waals surface area (Å²) in [6.07, 6.45) is 5.09. The summed E-state index contributed by atoms with van der Waals surface area (Å²) in [6.45, 7) is 1.58. The normalized spacial score (nSPS) is 15.2. The van der Waals surface area contributed by atoms with Gasteiger partial charge in [0.15, 0.2) is 0 Å². The van der Waals surface area contributed by atoms with Gasteiger partial charge in [0.2, 0.25) is 5.95 Å². The van der Waals surface area contributed by atoms with Crippen LogP contribution in [0.4, 0.5) is 4.39 Å². The van der Waals surface area contributed by atoms with E-state index in [2.05, 4.69) is 22.3 Å². The molecule has 0 radical (unpaired) electrons. The van der Waals surface area contributed by atoms with Crippen molar-refractivity contribution < 1.29 is 14.3 Å². The third-order valence-corrected chi connectivity index (χ3v) is 6.58. The van der Waals surface area contributed by atoms with E-state index in [0.29, 0.717) is 16.8 Å². The number of allylic oxidation sites excluding steroid dienone is 1. The average Bonchev–Trinajstić information content (AvgIpc) is 3.19. The highest BCUT2D eigenvalue weighted by molar-refractivity contribution is 6.01. The number of hydrogen-bond acceptors (Lipinski definition) is 2. The van der Waals surface area contributed by atoms with Gasteiger partial charge < -0.3 is 5.11 Å². The number of aromatic amines is 1. The number of H-pyrrole nitrogens is 1. The SMILES string of the molecule is C/C(=C\c1ccc(/C(=C(\c2ccccc2)C2CCC2)c2ccc3n[nH]c(F)c3c2)cc1)C(=O)O. The summed E-state index contributed by atoms with van der Waals surface area (Å²) in [6, 6.07) is 24.0. The van der Waals surface area contributed by atoms with Crippen LogP contribution in [0.3, 0.4) is 0 Å². The van der Waals surface area contributed by atoms with Gasteiger partial charge >= 0.3 is 5.97 Å². The van der Waals surface area contributed by atoms with Gasteiger partial charge in [0.05, 0.1) is 10.9 Å². The van der Waals surface area contributed by atoms with Crippen molar-refractivity contribution in [1.29, 1.82) is 0 Å². The first-order valence-electron chi connectivity index (χ1n) is 11.5. The maximum absolute atomic E-state index is 14.4. The molecular formula is C29H25FN2O2. The Labute approximate surface area is 197 Å². The minimum Gasteiger partial charge on any atom is -0.478 e. The Kier molecular flexibility index (Phi) is 5.84. The number of nitrogens with zero attached hydrogens (tertiary/aromatic N) is 1. The molecule has 3 aromatic carbocycles. The molecule has 1 aliphatic rings. The number of aromatic nitrogens is 2. The van der Waals surface area contributed by atoms with Crippen molar-refractivity contribution in [1.82, 2.24) is 10.2 Å². The smallest absolute Gasteiger partial charge is 0.331 e. The molecule has 1 heterocycles. The second-order valence-electron chi connectivity index (χ2n) is 8.81. The summed E-state index contributed by atoms with van der Waals surface area (Å²) < 4.78 is 14.4. The van der Waals surface area contributed by atoms with Crippen LogP contribution in [0.25, 0.3) is 28.1 Å². The number of carboxylic acids is 1. The number of nitrogens with one attached hydrogen (secondary N) is 1. The van der Waals surface area contributed by atoms with Crippen LogP contribution >= 0.6 is 0 Å². The fourth-order valence-corrected chi connectivity index (χ4v) is 4.57. The highest BCUT2D eigenvalue weighted by Gasteiger charge is 2.27. The van der Waals surface area contributed by atoms with Gasteiger partial charge in [-0.3, -0.25) is 5.10 Å². The number of rotatable bonds is 6. The largest absolute Gasteiger partial charge is 0.478 e. The number of aliphatic carboxylic acids is 1. The molecule has 4 aromatic rings. The van der Waals surface area contributed by atoms with Gasteiger partial charge in [-0.1, -0.05) is 67.1 Å². The van der Waals surface area contributed by atoms with Crippen LogP contribution in [0, 0.1) is 11.9 Å². The number of carboxylic acid groups (broad SMARTS) is 1. The standard InChI is InChI=1S/C29H25FN2O2/c1-18(29(33)34)16-19-10-12-22(13-11-19)27(23-14-15-25-24(17-23)28(30)32-31-25)26(21-8-5-9-21)20-6-3-2-4-7-20/h2-4,6-7,10-17,21H,5,8-9H2,1H3,(H,31,32)(H,33,34)/b18-16+,27-26-. The summed E-state index contributed by atoms with van der Waals surface area (Å²) in [4.78, 5) is 11.2. The van der Waals surface area contributed by atoms with Crippen molar-refractivity contribution in [2.75, 3.05) is 0 Å². The molecule has 5 heteroatoms. The Hall–Kier alpha value is -3.99. The van der Waals surface area contributed by atoms with Gasteiger partial charge in [-0.2, -0.15) is 9.49 Å². The van der Waals surface area contributed by atoms with E-state index < -0.39 is 11.9 Å². The van der Waals surface area contributed by atoms with Crippen molar-refractivity contribution in [3.63, 3.8) is 0 Å². The lowest BCUT2D eigenvalue weighted by molar-refractivity contribution is -0.132. The fraction of sp³-hybridized carbons (Fsp3) is 0.172. The number of hydrogen-bond donors (Lipinski definition) is 2. The predicted molar refractivity (Wildman–Crippen MR) is 133 cm³/mol. The van der Waals surface area contributed by atoms with Crippen LogP contribution in [0.15, 0.2) is 78.4 Å². The molecule has 34 heavy (non-hydrogen) atoms. The number of halogens is 1. The molecule has 1 fully saturated rings. The molecule has 1 saturated carbocycles. The van der Waals surface area contributed by atoms with Gasteiger partial charge in [-0.15, -0.1) is 0 Å². The lowest BCUT2D eigenvalue weighted by Gasteiger charge is -2.31. The molecule has 0 unspecified atom stereocenters. The highest BCUT2D eigenvalue weighted by Crippen LogP contribution is 2.45. The van der Waals surface area contributed by atoms with Crippen molar-refractivity contribution in [3.8, 4) is 0 Å². The van der Waals surface area contributed by atoms with Gasteiger partial charge in [0.25, 0.3) is 0 Å². The first kappa shape index (κ1) is 21.8. The molecule has 0 aliphatic heterocycles. The third-order valence-electron chi connectivity index (χ3n) is 6.58. The summed E-state index contributed by atoms with van der Waals surface area (Å²) >= 11 is 0. The molecule has 4 nitrogen and oxygen atoms in total. The predicted octanol–water partition coefficient (Wildman–Crippen LogP) is 6.95. The van der Waals surface area contributed by atoms with Crippen molar-refractivity contribution in [2.24, 2.45) is 5.92 Å². The maximum Gasteiger partial charge on any atom is 0.331 e. The van der Waals surface area contributed by atoms with Crippen LogP contribution in [-0.2, 0) is 4.79 Å². The Bertz CT molecular complexity index is 1410. The van der Waals surface area contributed by atoms with Gasteiger partial charge in [-0.25, -0.2) is 4.79 Å². The van der Waals surface area contributed by atoms with Crippen LogP contribution in [-0.4, -0.2) is 21.3 Å². The van der Waals surface area contributed by atoms with Crippen LogP contribution < -0.4 is 0 Å². The van der Waals surface area contributed by atoms with E-state index in [0.717, 1.165) is 35.1 Å². The second kappa shape index (κ2) is 9.10. The lowest BCUT2D eigenvalue weighted by Crippen LogP contribution is -2.15. The molecule has 0 saturated heterocycles. The first-order valence-corrected chi connectivity index (χ1v) is 11.5. The summed E-state index contributed by atoms with van der Waals surface area (Å²) in [7, 11) is 0. The van der Waals surface area contributed by atoms with E-state index in [1.165, 1.54) is 17.6 Å². The maximum atomic E-state index is 14.4. The average molecular weight is 453 g/mol. The fourth-order valence-electron chi connectivity index (χ4n) is 4.57. The topological polar surface area (TPSA) is 66.0 Å². The lowest BCUT2D eigenvalue weighted by atomic mass is 9.73.